The number of halogens is 1. The van der Waals surface area contributed by atoms with Gasteiger partial charge in [-0.2, -0.15) is 0 Å². The molecule has 1 rings (SSSR count). The van der Waals surface area contributed by atoms with Gasteiger partial charge in [-0.05, 0) is 12.1 Å². The molecule has 1 aromatic carbocycles. The molecule has 0 fully saturated rings. The van der Waals surface area contributed by atoms with Gasteiger partial charge in [0, 0.05) is 6.54 Å². The first-order valence-corrected chi connectivity index (χ1v) is 5.59. The molecule has 1 amide bonds. The third kappa shape index (κ3) is 5.82. The Morgan fingerprint density at radius 2 is 2.00 bits per heavy atom. The average Bonchev–Trinajstić information content (AvgIpc) is 2.30. The number of carboxylic acids is 1. The summed E-state index contributed by atoms with van der Waals surface area (Å²) in [4.78, 5) is 22.7. The number of ether oxygens (including phenoxy) is 1. The number of nitrogens with zero attached hydrogens (tertiary/aromatic N) is 1. The first-order chi connectivity index (χ1) is 8.99. The van der Waals surface area contributed by atoms with E-state index in [0.717, 1.165) is 0 Å². The average molecular weight is 270 g/mol. The molecule has 7 heteroatoms. The van der Waals surface area contributed by atoms with Crippen molar-refractivity contribution < 1.29 is 23.8 Å². The number of rotatable bonds is 8. The van der Waals surface area contributed by atoms with Gasteiger partial charge in [0.15, 0.2) is 11.6 Å². The molecule has 0 aliphatic carbocycles. The van der Waals surface area contributed by atoms with Crippen molar-refractivity contribution in [1.29, 1.82) is 0 Å². The molecule has 0 aliphatic rings. The first kappa shape index (κ1) is 14.9. The van der Waals surface area contributed by atoms with E-state index in [9.17, 15) is 14.0 Å². The van der Waals surface area contributed by atoms with Crippen LogP contribution in [0.4, 0.5) is 4.39 Å². The number of carbonyl (C=O) groups excluding carboxylic acids is 1. The van der Waals surface area contributed by atoms with Crippen LogP contribution in [0.15, 0.2) is 24.3 Å². The third-order valence-electron chi connectivity index (χ3n) is 2.24. The number of amides is 1. The van der Waals surface area contributed by atoms with Crippen LogP contribution in [0, 0.1) is 5.82 Å². The summed E-state index contributed by atoms with van der Waals surface area (Å²) in [5, 5.41) is 8.66. The van der Waals surface area contributed by atoms with E-state index in [1.165, 1.54) is 23.1 Å². The zero-order valence-electron chi connectivity index (χ0n) is 10.2. The number of para-hydroxylation sites is 1. The molecule has 0 radical (unpaired) electrons. The monoisotopic (exact) mass is 270 g/mol. The molecule has 0 saturated carbocycles. The summed E-state index contributed by atoms with van der Waals surface area (Å²) in [5.41, 5.74) is 5.00. The molecule has 0 aliphatic heterocycles. The lowest BCUT2D eigenvalue weighted by atomic mass is 10.3. The van der Waals surface area contributed by atoms with Crippen molar-refractivity contribution in [2.24, 2.45) is 5.73 Å². The van der Waals surface area contributed by atoms with Gasteiger partial charge in [0.2, 0.25) is 5.91 Å². The molecule has 3 N–H and O–H groups in total. The van der Waals surface area contributed by atoms with Gasteiger partial charge >= 0.3 is 5.97 Å². The van der Waals surface area contributed by atoms with Crippen molar-refractivity contribution in [2.75, 3.05) is 26.2 Å². The highest BCUT2D eigenvalue weighted by Crippen LogP contribution is 2.14. The second-order valence-electron chi connectivity index (χ2n) is 3.85. The molecule has 19 heavy (non-hydrogen) atoms. The van der Waals surface area contributed by atoms with E-state index in [1.807, 2.05) is 0 Å². The topological polar surface area (TPSA) is 92.9 Å². The van der Waals surface area contributed by atoms with Crippen LogP contribution in [-0.4, -0.2) is 48.1 Å². The van der Waals surface area contributed by atoms with Gasteiger partial charge < -0.3 is 15.6 Å². The van der Waals surface area contributed by atoms with Gasteiger partial charge in [0.25, 0.3) is 0 Å². The highest BCUT2D eigenvalue weighted by molar-refractivity contribution is 5.77. The summed E-state index contributed by atoms with van der Waals surface area (Å²) in [5.74, 6) is -2.13. The molecule has 0 atom stereocenters. The molecule has 0 heterocycles. The Balaban J connectivity index is 2.45. The van der Waals surface area contributed by atoms with E-state index in [1.54, 1.807) is 6.07 Å². The van der Waals surface area contributed by atoms with Gasteiger partial charge in [0.1, 0.15) is 6.61 Å². The lowest BCUT2D eigenvalue weighted by Crippen LogP contribution is -2.39. The smallest absolute Gasteiger partial charge is 0.317 e. The largest absolute Gasteiger partial charge is 0.489 e. The van der Waals surface area contributed by atoms with Crippen molar-refractivity contribution in [3.8, 4) is 5.75 Å². The number of hydrogen-bond donors (Lipinski definition) is 2. The van der Waals surface area contributed by atoms with Crippen molar-refractivity contribution in [3.63, 3.8) is 0 Å². The summed E-state index contributed by atoms with van der Waals surface area (Å²) in [7, 11) is 0. The van der Waals surface area contributed by atoms with E-state index in [0.29, 0.717) is 0 Å². The summed E-state index contributed by atoms with van der Waals surface area (Å²) < 4.78 is 18.4. The predicted molar refractivity (Wildman–Crippen MR) is 65.2 cm³/mol. The van der Waals surface area contributed by atoms with E-state index < -0.39 is 17.7 Å². The minimum Gasteiger partial charge on any atom is -0.489 e. The second kappa shape index (κ2) is 7.32. The van der Waals surface area contributed by atoms with Crippen molar-refractivity contribution >= 4 is 11.9 Å². The summed E-state index contributed by atoms with van der Waals surface area (Å²) in [6.45, 7) is -0.304. The van der Waals surface area contributed by atoms with Crippen LogP contribution in [0.25, 0.3) is 0 Å². The standard InChI is InChI=1S/C12H15FN2O4/c13-9-3-1-2-4-10(9)19-6-5-15(7-11(14)16)8-12(17)18/h1-4H,5-8H2,(H2,14,16)(H,17,18). The Kier molecular flexibility index (Phi) is 5.74. The highest BCUT2D eigenvalue weighted by atomic mass is 19.1. The normalized spacial score (nSPS) is 10.4. The molecular formula is C12H15FN2O4. The lowest BCUT2D eigenvalue weighted by Gasteiger charge is -2.18. The molecule has 0 bridgehead atoms. The van der Waals surface area contributed by atoms with Crippen LogP contribution in [0.3, 0.4) is 0 Å². The zero-order chi connectivity index (χ0) is 14.3. The summed E-state index contributed by atoms with van der Waals surface area (Å²) in [6.07, 6.45) is 0. The van der Waals surface area contributed by atoms with Crippen LogP contribution >= 0.6 is 0 Å². The minimum atomic E-state index is -1.08. The maximum Gasteiger partial charge on any atom is 0.317 e. The second-order valence-corrected chi connectivity index (χ2v) is 3.85. The number of primary amides is 1. The van der Waals surface area contributed by atoms with E-state index in [2.05, 4.69) is 0 Å². The van der Waals surface area contributed by atoms with Crippen LogP contribution < -0.4 is 10.5 Å². The van der Waals surface area contributed by atoms with Gasteiger partial charge in [-0.1, -0.05) is 12.1 Å². The third-order valence-corrected chi connectivity index (χ3v) is 2.24. The minimum absolute atomic E-state index is 0.0570. The molecule has 0 saturated heterocycles. The predicted octanol–water partition coefficient (Wildman–Crippen LogP) is 0.0764. The first-order valence-electron chi connectivity index (χ1n) is 5.59. The molecule has 1 aromatic rings. The fraction of sp³-hybridized carbons (Fsp3) is 0.333. The maximum absolute atomic E-state index is 13.2. The number of nitrogens with two attached hydrogens (primary N) is 1. The summed E-state index contributed by atoms with van der Waals surface area (Å²) >= 11 is 0. The van der Waals surface area contributed by atoms with Crippen LogP contribution in [0.1, 0.15) is 0 Å². The molecule has 0 unspecified atom stereocenters. The quantitative estimate of drug-likeness (QED) is 0.697. The van der Waals surface area contributed by atoms with E-state index in [4.69, 9.17) is 15.6 Å². The number of hydrogen-bond acceptors (Lipinski definition) is 4. The van der Waals surface area contributed by atoms with Crippen LogP contribution in [0.2, 0.25) is 0 Å². The van der Waals surface area contributed by atoms with Gasteiger partial charge in [-0.3, -0.25) is 14.5 Å². The number of benzene rings is 1. The number of carbonyl (C=O) groups is 2. The van der Waals surface area contributed by atoms with Crippen molar-refractivity contribution in [1.82, 2.24) is 4.90 Å². The van der Waals surface area contributed by atoms with E-state index in [-0.39, 0.29) is 32.0 Å². The molecule has 6 nitrogen and oxygen atoms in total. The molecular weight excluding hydrogens is 255 g/mol. The van der Waals surface area contributed by atoms with Crippen LogP contribution in [-0.2, 0) is 9.59 Å². The number of carboxylic acid groups (broad SMARTS) is 1. The van der Waals surface area contributed by atoms with Crippen LogP contribution in [0.5, 0.6) is 5.75 Å². The highest BCUT2D eigenvalue weighted by Gasteiger charge is 2.12. The molecule has 0 aromatic heterocycles. The lowest BCUT2D eigenvalue weighted by molar-refractivity contribution is -0.138. The Bertz CT molecular complexity index is 437. The fourth-order valence-electron chi connectivity index (χ4n) is 1.47. The molecule has 0 spiro atoms. The van der Waals surface area contributed by atoms with Gasteiger partial charge in [0.05, 0.1) is 13.1 Å². The van der Waals surface area contributed by atoms with Gasteiger partial charge in [-0.15, -0.1) is 0 Å². The van der Waals surface area contributed by atoms with Crippen molar-refractivity contribution in [2.45, 2.75) is 0 Å². The van der Waals surface area contributed by atoms with Crippen molar-refractivity contribution in [3.05, 3.63) is 30.1 Å². The fourth-order valence-corrected chi connectivity index (χ4v) is 1.47. The van der Waals surface area contributed by atoms with E-state index >= 15 is 0 Å². The Morgan fingerprint density at radius 3 is 2.58 bits per heavy atom. The summed E-state index contributed by atoms with van der Waals surface area (Å²) in [6, 6.07) is 5.88. The zero-order valence-corrected chi connectivity index (χ0v) is 10.2. The Morgan fingerprint density at radius 1 is 1.32 bits per heavy atom. The number of aliphatic carboxylic acids is 1. The Labute approximate surface area is 109 Å². The Hall–Kier alpha value is -2.15. The maximum atomic E-state index is 13.2. The molecule has 104 valence electrons. The SMILES string of the molecule is NC(=O)CN(CCOc1ccccc1F)CC(=O)O. The van der Waals surface area contributed by atoms with Gasteiger partial charge in [-0.25, -0.2) is 4.39 Å².